The Morgan fingerprint density at radius 3 is 2.62 bits per heavy atom. The zero-order valence-electron chi connectivity index (χ0n) is 10.9. The van der Waals surface area contributed by atoms with Crippen LogP contribution < -0.4 is 15.2 Å². The fourth-order valence-electron chi connectivity index (χ4n) is 1.86. The molecular formula is C12H11N5O3S. The molecule has 2 heterocycles. The largest absolute Gasteiger partial charge is 0.497 e. The highest BCUT2D eigenvalue weighted by atomic mass is 32.2. The fourth-order valence-corrected chi connectivity index (χ4v) is 2.65. The van der Waals surface area contributed by atoms with Crippen LogP contribution in [0.2, 0.25) is 0 Å². The van der Waals surface area contributed by atoms with Gasteiger partial charge in [0.05, 0.1) is 19.0 Å². The maximum Gasteiger partial charge on any atom is 0.345 e. The number of aromatic nitrogens is 2. The van der Waals surface area contributed by atoms with Gasteiger partial charge in [0.2, 0.25) is 0 Å². The number of fused-ring (bicyclic) bond motifs is 1. The molecule has 0 bridgehead atoms. The molecule has 1 aromatic heterocycles. The molecule has 1 aliphatic heterocycles. The van der Waals surface area contributed by atoms with Crippen molar-refractivity contribution in [2.45, 2.75) is 0 Å². The number of hydrogen-bond donors (Lipinski definition) is 2. The van der Waals surface area contributed by atoms with Crippen LogP contribution in [0.4, 0.5) is 5.82 Å². The normalized spacial score (nSPS) is 15.6. The van der Waals surface area contributed by atoms with Crippen LogP contribution in [0.3, 0.4) is 0 Å². The van der Waals surface area contributed by atoms with E-state index in [0.717, 1.165) is 11.3 Å². The van der Waals surface area contributed by atoms with Crippen molar-refractivity contribution in [3.8, 4) is 17.0 Å². The second kappa shape index (κ2) is 4.70. The van der Waals surface area contributed by atoms with E-state index in [1.54, 1.807) is 19.2 Å². The Balaban J connectivity index is 2.05. The Hall–Kier alpha value is -2.68. The van der Waals surface area contributed by atoms with Gasteiger partial charge in [-0.15, -0.1) is 4.40 Å². The minimum Gasteiger partial charge on any atom is -0.497 e. The van der Waals surface area contributed by atoms with Gasteiger partial charge in [0.25, 0.3) is 0 Å². The van der Waals surface area contributed by atoms with Crippen LogP contribution in [0.5, 0.6) is 5.75 Å². The van der Waals surface area contributed by atoms with Crippen LogP contribution in [0.15, 0.2) is 34.9 Å². The molecule has 3 rings (SSSR count). The first-order valence-electron chi connectivity index (χ1n) is 5.88. The average Bonchev–Trinajstić information content (AvgIpc) is 2.46. The number of amidine groups is 1. The van der Waals surface area contributed by atoms with Crippen molar-refractivity contribution < 1.29 is 13.2 Å². The number of nitrogens with two attached hydrogens (primary N) is 1. The Morgan fingerprint density at radius 2 is 1.95 bits per heavy atom. The number of methoxy groups -OCH3 is 1. The average molecular weight is 305 g/mol. The lowest BCUT2D eigenvalue weighted by Crippen LogP contribution is -2.28. The monoisotopic (exact) mass is 305 g/mol. The lowest BCUT2D eigenvalue weighted by molar-refractivity contribution is 0.415. The summed E-state index contributed by atoms with van der Waals surface area (Å²) < 4.78 is 33.4. The highest BCUT2D eigenvalue weighted by Gasteiger charge is 2.24. The van der Waals surface area contributed by atoms with E-state index in [4.69, 9.17) is 10.5 Å². The molecule has 2 aromatic rings. The minimum atomic E-state index is -3.84. The number of anilines is 1. The van der Waals surface area contributed by atoms with Crippen molar-refractivity contribution in [1.29, 1.82) is 0 Å². The van der Waals surface area contributed by atoms with E-state index in [-0.39, 0.29) is 17.3 Å². The van der Waals surface area contributed by atoms with Crippen molar-refractivity contribution in [1.82, 2.24) is 9.97 Å². The molecule has 1 aromatic carbocycles. The van der Waals surface area contributed by atoms with Crippen molar-refractivity contribution >= 4 is 21.9 Å². The molecule has 0 amide bonds. The Bertz CT molecular complexity index is 830. The number of hydrogen-bond acceptors (Lipinski definition) is 6. The SMILES string of the molecule is COc1ccc(-c2cnc3c(n2)C(N)=NS(=O)(=O)N3)cc1. The molecule has 8 nitrogen and oxygen atoms in total. The number of ether oxygens (including phenoxy) is 1. The van der Waals surface area contributed by atoms with Gasteiger partial charge in [0.1, 0.15) is 11.4 Å². The van der Waals surface area contributed by atoms with Gasteiger partial charge < -0.3 is 10.5 Å². The van der Waals surface area contributed by atoms with Gasteiger partial charge in [-0.2, -0.15) is 8.42 Å². The minimum absolute atomic E-state index is 0.0692. The molecule has 0 saturated heterocycles. The number of nitrogens with one attached hydrogen (secondary N) is 1. The summed E-state index contributed by atoms with van der Waals surface area (Å²) in [5.41, 5.74) is 7.18. The molecule has 0 saturated carbocycles. The Morgan fingerprint density at radius 1 is 1.24 bits per heavy atom. The van der Waals surface area contributed by atoms with Crippen LogP contribution in [-0.2, 0) is 10.2 Å². The van der Waals surface area contributed by atoms with Crippen LogP contribution in [0.25, 0.3) is 11.3 Å². The first kappa shape index (κ1) is 13.3. The third-order valence-corrected chi connectivity index (χ3v) is 3.73. The molecule has 108 valence electrons. The van der Waals surface area contributed by atoms with Crippen molar-refractivity contribution in [3.05, 3.63) is 36.2 Å². The highest BCUT2D eigenvalue weighted by molar-refractivity contribution is 7.91. The lowest BCUT2D eigenvalue weighted by Gasteiger charge is -2.14. The molecule has 9 heteroatoms. The first-order chi connectivity index (χ1) is 9.98. The summed E-state index contributed by atoms with van der Waals surface area (Å²) in [5.74, 6) is 0.602. The third kappa shape index (κ3) is 2.50. The van der Waals surface area contributed by atoms with Crippen molar-refractivity contribution in [2.75, 3.05) is 11.8 Å². The molecular weight excluding hydrogens is 294 g/mol. The highest BCUT2D eigenvalue weighted by Crippen LogP contribution is 2.24. The van der Waals surface area contributed by atoms with Crippen LogP contribution in [0.1, 0.15) is 5.69 Å². The predicted molar refractivity (Wildman–Crippen MR) is 77.3 cm³/mol. The predicted octanol–water partition coefficient (Wildman–Crippen LogP) is 0.528. The van der Waals surface area contributed by atoms with Crippen LogP contribution >= 0.6 is 0 Å². The maximum atomic E-state index is 11.4. The molecule has 0 spiro atoms. The summed E-state index contributed by atoms with van der Waals surface area (Å²) in [6.45, 7) is 0. The zero-order chi connectivity index (χ0) is 15.0. The van der Waals surface area contributed by atoms with Gasteiger partial charge in [-0.05, 0) is 24.3 Å². The lowest BCUT2D eigenvalue weighted by atomic mass is 10.1. The molecule has 0 atom stereocenters. The van der Waals surface area contributed by atoms with Gasteiger partial charge in [0, 0.05) is 5.56 Å². The Kier molecular flexibility index (Phi) is 2.98. The number of rotatable bonds is 2. The van der Waals surface area contributed by atoms with E-state index < -0.39 is 10.2 Å². The zero-order valence-corrected chi connectivity index (χ0v) is 11.8. The summed E-state index contributed by atoms with van der Waals surface area (Å²) in [6.07, 6.45) is 1.46. The van der Waals surface area contributed by atoms with E-state index in [1.807, 2.05) is 12.1 Å². The fraction of sp³-hybridized carbons (Fsp3) is 0.0833. The molecule has 1 aliphatic rings. The van der Waals surface area contributed by atoms with Gasteiger partial charge in [-0.3, -0.25) is 0 Å². The number of benzene rings is 1. The van der Waals surface area contributed by atoms with E-state index in [2.05, 4.69) is 19.1 Å². The second-order valence-electron chi connectivity index (χ2n) is 4.23. The summed E-state index contributed by atoms with van der Waals surface area (Å²) in [5, 5.41) is 0. The summed E-state index contributed by atoms with van der Waals surface area (Å²) >= 11 is 0. The van der Waals surface area contributed by atoms with Crippen molar-refractivity contribution in [2.24, 2.45) is 10.1 Å². The summed E-state index contributed by atoms with van der Waals surface area (Å²) in [7, 11) is -2.26. The molecule has 0 unspecified atom stereocenters. The van der Waals surface area contributed by atoms with E-state index >= 15 is 0 Å². The maximum absolute atomic E-state index is 11.4. The molecule has 0 aliphatic carbocycles. The summed E-state index contributed by atoms with van der Waals surface area (Å²) in [4.78, 5) is 8.34. The topological polar surface area (TPSA) is 120 Å². The van der Waals surface area contributed by atoms with E-state index in [1.165, 1.54) is 6.20 Å². The molecule has 3 N–H and O–H groups in total. The molecule has 0 radical (unpaired) electrons. The van der Waals surface area contributed by atoms with Crippen LogP contribution in [0, 0.1) is 0 Å². The van der Waals surface area contributed by atoms with Crippen molar-refractivity contribution in [3.63, 3.8) is 0 Å². The van der Waals surface area contributed by atoms with E-state index in [0.29, 0.717) is 5.69 Å². The molecule has 0 fully saturated rings. The molecule has 21 heavy (non-hydrogen) atoms. The van der Waals surface area contributed by atoms with Gasteiger partial charge >= 0.3 is 10.2 Å². The van der Waals surface area contributed by atoms with Crippen LogP contribution in [-0.4, -0.2) is 31.3 Å². The quantitative estimate of drug-likeness (QED) is 0.835. The second-order valence-corrected chi connectivity index (χ2v) is 5.57. The first-order valence-corrected chi connectivity index (χ1v) is 7.32. The Labute approximate surface area is 120 Å². The van der Waals surface area contributed by atoms with Gasteiger partial charge in [-0.1, -0.05) is 0 Å². The van der Waals surface area contributed by atoms with Gasteiger partial charge in [-0.25, -0.2) is 14.7 Å². The third-order valence-electron chi connectivity index (χ3n) is 2.85. The number of nitrogens with zero attached hydrogens (tertiary/aromatic N) is 3. The van der Waals surface area contributed by atoms with Gasteiger partial charge in [0.15, 0.2) is 11.7 Å². The smallest absolute Gasteiger partial charge is 0.345 e. The summed E-state index contributed by atoms with van der Waals surface area (Å²) in [6, 6.07) is 7.21. The van der Waals surface area contributed by atoms with E-state index in [9.17, 15) is 8.42 Å². The standard InChI is InChI=1S/C12H11N5O3S/c1-20-8-4-2-7(3-5-8)9-6-14-12-10(15-9)11(13)16-21(18,19)17-12/h2-6H,1H3,(H2,13,16)(H,14,17).